The van der Waals surface area contributed by atoms with Crippen molar-refractivity contribution in [2.45, 2.75) is 31.6 Å². The van der Waals surface area contributed by atoms with Gasteiger partial charge >= 0.3 is 5.97 Å². The van der Waals surface area contributed by atoms with Gasteiger partial charge in [0.2, 0.25) is 0 Å². The van der Waals surface area contributed by atoms with Crippen LogP contribution in [0.2, 0.25) is 0 Å². The molecule has 1 unspecified atom stereocenters. The lowest BCUT2D eigenvalue weighted by Gasteiger charge is -2.28. The Balaban J connectivity index is 1.35. The van der Waals surface area contributed by atoms with Crippen molar-refractivity contribution in [3.8, 4) is 0 Å². The summed E-state index contributed by atoms with van der Waals surface area (Å²) in [4.78, 5) is 18.6. The number of aryl methyl sites for hydroxylation is 1. The quantitative estimate of drug-likeness (QED) is 0.590. The maximum absolute atomic E-state index is 12.0. The van der Waals surface area contributed by atoms with Crippen LogP contribution >= 0.6 is 0 Å². The van der Waals surface area contributed by atoms with Crippen molar-refractivity contribution in [1.82, 2.24) is 4.98 Å². The van der Waals surface area contributed by atoms with Gasteiger partial charge in [0, 0.05) is 36.6 Å². The number of rotatable bonds is 5. The average molecular weight is 414 g/mol. The highest BCUT2D eigenvalue weighted by atomic mass is 16.5. The number of hydrogen-bond donors (Lipinski definition) is 1. The minimum Gasteiger partial charge on any atom is -0.465 e. The number of carbonyl (C=O) groups excluding carboxylic acids is 1. The number of aromatic nitrogens is 1. The van der Waals surface area contributed by atoms with Gasteiger partial charge in [0.05, 0.1) is 24.6 Å². The minimum absolute atomic E-state index is 0.343. The van der Waals surface area contributed by atoms with Crippen LogP contribution in [-0.2, 0) is 17.6 Å². The Morgan fingerprint density at radius 3 is 2.97 bits per heavy atom. The molecule has 3 aromatic rings. The Hall–Kier alpha value is -3.34. The van der Waals surface area contributed by atoms with Gasteiger partial charge in [-0.15, -0.1) is 0 Å². The van der Waals surface area contributed by atoms with E-state index < -0.39 is 0 Å². The number of nitrogens with one attached hydrogen (secondary N) is 1. The van der Waals surface area contributed by atoms with E-state index in [1.807, 2.05) is 0 Å². The maximum Gasteiger partial charge on any atom is 0.340 e. The van der Waals surface area contributed by atoms with Gasteiger partial charge in [-0.2, -0.15) is 0 Å². The third-order valence-electron chi connectivity index (χ3n) is 6.53. The molecular weight excluding hydrogens is 386 g/mol. The van der Waals surface area contributed by atoms with Crippen LogP contribution in [0.1, 0.15) is 45.8 Å². The second-order valence-corrected chi connectivity index (χ2v) is 8.30. The molecule has 0 saturated heterocycles. The third kappa shape index (κ3) is 3.76. The number of nitrogens with zero attached hydrogens (tertiary/aromatic N) is 2. The molecule has 0 saturated carbocycles. The summed E-state index contributed by atoms with van der Waals surface area (Å²) in [5.74, 6) is 0.0684. The first-order valence-corrected chi connectivity index (χ1v) is 11.0. The number of hydrogen-bond acceptors (Lipinski definition) is 5. The SMILES string of the molecule is COC(=O)c1ccncc1NCC1CCCc2cc(N3CCc4ccccc43)ccc21. The van der Waals surface area contributed by atoms with E-state index in [0.29, 0.717) is 11.5 Å². The van der Waals surface area contributed by atoms with Crippen LogP contribution in [0.3, 0.4) is 0 Å². The van der Waals surface area contributed by atoms with E-state index in [1.54, 1.807) is 18.5 Å². The smallest absolute Gasteiger partial charge is 0.340 e. The zero-order chi connectivity index (χ0) is 21.2. The number of methoxy groups -OCH3 is 1. The first-order valence-electron chi connectivity index (χ1n) is 11.0. The summed E-state index contributed by atoms with van der Waals surface area (Å²) in [5, 5.41) is 3.45. The van der Waals surface area contributed by atoms with Gasteiger partial charge < -0.3 is 15.0 Å². The average Bonchev–Trinajstić information content (AvgIpc) is 3.26. The van der Waals surface area contributed by atoms with Gasteiger partial charge in [-0.25, -0.2) is 4.79 Å². The largest absolute Gasteiger partial charge is 0.465 e. The fourth-order valence-electron chi connectivity index (χ4n) is 4.94. The first-order chi connectivity index (χ1) is 15.2. The molecule has 1 N–H and O–H groups in total. The predicted octanol–water partition coefficient (Wildman–Crippen LogP) is 5.09. The fourth-order valence-corrected chi connectivity index (χ4v) is 4.94. The van der Waals surface area contributed by atoms with E-state index in [9.17, 15) is 4.79 Å². The fraction of sp³-hybridized carbons (Fsp3) is 0.308. The molecule has 1 aromatic heterocycles. The van der Waals surface area contributed by atoms with Crippen LogP contribution in [0.25, 0.3) is 0 Å². The Kier molecular flexibility index (Phi) is 5.33. The van der Waals surface area contributed by atoms with Gasteiger partial charge in [0.1, 0.15) is 0 Å². The lowest BCUT2D eigenvalue weighted by molar-refractivity contribution is 0.0601. The number of ether oxygens (including phenoxy) is 1. The Labute approximate surface area is 183 Å². The summed E-state index contributed by atoms with van der Waals surface area (Å²) < 4.78 is 4.90. The molecule has 2 aromatic carbocycles. The summed E-state index contributed by atoms with van der Waals surface area (Å²) >= 11 is 0. The topological polar surface area (TPSA) is 54.5 Å². The number of benzene rings is 2. The summed E-state index contributed by atoms with van der Waals surface area (Å²) in [6.45, 7) is 1.81. The molecule has 5 heteroatoms. The molecule has 2 heterocycles. The number of esters is 1. The lowest BCUT2D eigenvalue weighted by atomic mass is 9.82. The van der Waals surface area contributed by atoms with Crippen molar-refractivity contribution in [3.05, 3.63) is 83.2 Å². The summed E-state index contributed by atoms with van der Waals surface area (Å²) in [6.07, 6.45) is 7.86. The molecule has 0 fully saturated rings. The number of para-hydroxylation sites is 1. The molecule has 0 radical (unpaired) electrons. The molecule has 0 spiro atoms. The molecule has 0 bridgehead atoms. The summed E-state index contributed by atoms with van der Waals surface area (Å²) in [5.41, 5.74) is 8.17. The van der Waals surface area contributed by atoms with Crippen molar-refractivity contribution < 1.29 is 9.53 Å². The number of anilines is 3. The molecule has 5 rings (SSSR count). The number of fused-ring (bicyclic) bond motifs is 2. The van der Waals surface area contributed by atoms with Gasteiger partial charge in [0.15, 0.2) is 0 Å². The second kappa shape index (κ2) is 8.42. The monoisotopic (exact) mass is 413 g/mol. The Bertz CT molecular complexity index is 1110. The van der Waals surface area contributed by atoms with Crippen molar-refractivity contribution >= 4 is 23.0 Å². The lowest BCUT2D eigenvalue weighted by Crippen LogP contribution is -2.20. The van der Waals surface area contributed by atoms with Crippen molar-refractivity contribution in [2.75, 3.05) is 30.4 Å². The van der Waals surface area contributed by atoms with Crippen LogP contribution in [0.5, 0.6) is 0 Å². The van der Waals surface area contributed by atoms with Crippen LogP contribution in [0, 0.1) is 0 Å². The molecule has 31 heavy (non-hydrogen) atoms. The number of carbonyl (C=O) groups is 1. The predicted molar refractivity (Wildman–Crippen MR) is 123 cm³/mol. The van der Waals surface area contributed by atoms with Crippen LogP contribution in [-0.4, -0.2) is 31.2 Å². The maximum atomic E-state index is 12.0. The second-order valence-electron chi connectivity index (χ2n) is 8.30. The van der Waals surface area contributed by atoms with Crippen molar-refractivity contribution in [1.29, 1.82) is 0 Å². The molecule has 0 amide bonds. The van der Waals surface area contributed by atoms with Crippen LogP contribution in [0.4, 0.5) is 17.1 Å². The van der Waals surface area contributed by atoms with E-state index in [0.717, 1.165) is 38.0 Å². The van der Waals surface area contributed by atoms with Crippen molar-refractivity contribution in [2.24, 2.45) is 0 Å². The molecule has 1 atom stereocenters. The minimum atomic E-state index is -0.343. The molecule has 158 valence electrons. The molecule has 5 nitrogen and oxygen atoms in total. The van der Waals surface area contributed by atoms with E-state index in [2.05, 4.69) is 57.7 Å². The van der Waals surface area contributed by atoms with Crippen molar-refractivity contribution in [3.63, 3.8) is 0 Å². The number of pyridine rings is 1. The van der Waals surface area contributed by atoms with E-state index in [4.69, 9.17) is 4.74 Å². The first kappa shape index (κ1) is 19.6. The molecule has 2 aliphatic rings. The zero-order valence-corrected chi connectivity index (χ0v) is 17.8. The molecule has 1 aliphatic carbocycles. The standard InChI is InChI=1S/C26H27N3O2/c1-31-26(30)23-11-13-27-17-24(23)28-16-20-7-4-6-19-15-21(9-10-22(19)20)29-14-12-18-5-2-3-8-25(18)29/h2-3,5,8-11,13,15,17,20,28H,4,6-7,12,14,16H2,1H3. The summed E-state index contributed by atoms with van der Waals surface area (Å²) in [6, 6.07) is 17.4. The van der Waals surface area contributed by atoms with Crippen LogP contribution in [0.15, 0.2) is 60.9 Å². The highest BCUT2D eigenvalue weighted by Crippen LogP contribution is 2.38. The highest BCUT2D eigenvalue weighted by Gasteiger charge is 2.24. The van der Waals surface area contributed by atoms with E-state index in [1.165, 1.54) is 41.6 Å². The zero-order valence-electron chi connectivity index (χ0n) is 17.8. The van der Waals surface area contributed by atoms with E-state index >= 15 is 0 Å². The summed E-state index contributed by atoms with van der Waals surface area (Å²) in [7, 11) is 1.40. The normalized spacial score (nSPS) is 17.1. The third-order valence-corrected chi connectivity index (χ3v) is 6.53. The van der Waals surface area contributed by atoms with Crippen LogP contribution < -0.4 is 10.2 Å². The van der Waals surface area contributed by atoms with Gasteiger partial charge in [-0.05, 0) is 66.6 Å². The molecular formula is C26H27N3O2. The Morgan fingerprint density at radius 2 is 2.06 bits per heavy atom. The van der Waals surface area contributed by atoms with E-state index in [-0.39, 0.29) is 5.97 Å². The van der Waals surface area contributed by atoms with Gasteiger partial charge in [0.25, 0.3) is 0 Å². The molecule has 1 aliphatic heterocycles. The van der Waals surface area contributed by atoms with Gasteiger partial charge in [-0.3, -0.25) is 4.98 Å². The van der Waals surface area contributed by atoms with Gasteiger partial charge in [-0.1, -0.05) is 24.3 Å². The highest BCUT2D eigenvalue weighted by molar-refractivity contribution is 5.95. The Morgan fingerprint density at radius 1 is 1.16 bits per heavy atom.